The average Bonchev–Trinajstić information content (AvgIpc) is 2.96. The maximum absolute atomic E-state index is 13.7. The second kappa shape index (κ2) is 7.65. The molecule has 0 aliphatic carbocycles. The number of halogens is 2. The number of carbonyl (C=O) groups is 3. The van der Waals surface area contributed by atoms with E-state index in [1.165, 1.54) is 22.9 Å². The van der Waals surface area contributed by atoms with E-state index >= 15 is 0 Å². The zero-order chi connectivity index (χ0) is 19.6. The zero-order valence-corrected chi connectivity index (χ0v) is 14.7. The lowest BCUT2D eigenvalue weighted by atomic mass is 10.1. The van der Waals surface area contributed by atoms with Crippen molar-refractivity contribution in [3.63, 3.8) is 0 Å². The lowest BCUT2D eigenvalue weighted by Gasteiger charge is -2.18. The molecule has 2 aromatic carbocycles. The molecule has 0 atom stereocenters. The van der Waals surface area contributed by atoms with E-state index in [0.29, 0.717) is 5.56 Å². The molecule has 0 unspecified atom stereocenters. The summed E-state index contributed by atoms with van der Waals surface area (Å²) in [6.45, 7) is 0.187. The van der Waals surface area contributed by atoms with Gasteiger partial charge in [-0.25, -0.2) is 8.78 Å². The van der Waals surface area contributed by atoms with Crippen LogP contribution in [-0.4, -0.2) is 34.6 Å². The molecule has 1 saturated heterocycles. The fraction of sp³-hybridized carbons (Fsp3) is 0.250. The van der Waals surface area contributed by atoms with Gasteiger partial charge in [0.15, 0.2) is 0 Å². The molecule has 1 heterocycles. The van der Waals surface area contributed by atoms with Crippen molar-refractivity contribution in [3.8, 4) is 0 Å². The van der Waals surface area contributed by atoms with E-state index in [9.17, 15) is 23.2 Å². The highest BCUT2D eigenvalue weighted by Crippen LogP contribution is 2.17. The molecular formula is C20H18F2N2O3. The van der Waals surface area contributed by atoms with Gasteiger partial charge in [-0.2, -0.15) is 0 Å². The van der Waals surface area contributed by atoms with E-state index in [1.807, 2.05) is 0 Å². The number of imide groups is 1. The first-order valence-corrected chi connectivity index (χ1v) is 8.46. The minimum atomic E-state index is -0.704. The van der Waals surface area contributed by atoms with E-state index in [2.05, 4.69) is 0 Å². The molecule has 7 heteroatoms. The van der Waals surface area contributed by atoms with Gasteiger partial charge >= 0.3 is 0 Å². The number of carbonyl (C=O) groups excluding carboxylic acids is 3. The molecule has 1 aliphatic rings. The summed E-state index contributed by atoms with van der Waals surface area (Å²) in [5, 5.41) is 0. The van der Waals surface area contributed by atoms with Gasteiger partial charge in [-0.3, -0.25) is 19.3 Å². The van der Waals surface area contributed by atoms with Crippen LogP contribution in [0.5, 0.6) is 0 Å². The summed E-state index contributed by atoms with van der Waals surface area (Å²) >= 11 is 0. The molecule has 0 radical (unpaired) electrons. The van der Waals surface area contributed by atoms with Gasteiger partial charge in [-0.05, 0) is 23.8 Å². The number of hydrogen-bond donors (Lipinski definition) is 0. The molecule has 3 amide bonds. The van der Waals surface area contributed by atoms with Gasteiger partial charge in [0.25, 0.3) is 5.91 Å². The summed E-state index contributed by atoms with van der Waals surface area (Å²) < 4.78 is 26.7. The van der Waals surface area contributed by atoms with Gasteiger partial charge in [0, 0.05) is 43.6 Å². The van der Waals surface area contributed by atoms with Gasteiger partial charge in [-0.1, -0.05) is 18.2 Å². The van der Waals surface area contributed by atoms with Crippen LogP contribution in [0.2, 0.25) is 0 Å². The monoisotopic (exact) mass is 372 g/mol. The Kier molecular flexibility index (Phi) is 5.30. The fourth-order valence-electron chi connectivity index (χ4n) is 2.93. The summed E-state index contributed by atoms with van der Waals surface area (Å²) in [7, 11) is 1.53. The van der Waals surface area contributed by atoms with Crippen LogP contribution in [-0.2, 0) is 22.7 Å². The smallest absolute Gasteiger partial charge is 0.253 e. The fourth-order valence-corrected chi connectivity index (χ4v) is 2.93. The normalized spacial score (nSPS) is 14.0. The van der Waals surface area contributed by atoms with Gasteiger partial charge in [0.2, 0.25) is 11.8 Å². The summed E-state index contributed by atoms with van der Waals surface area (Å²) in [6.07, 6.45) is 0.473. The van der Waals surface area contributed by atoms with Crippen LogP contribution >= 0.6 is 0 Å². The molecule has 1 fully saturated rings. The molecule has 2 aromatic rings. The highest BCUT2D eigenvalue weighted by molar-refractivity contribution is 6.01. The number of nitrogens with zero attached hydrogens (tertiary/aromatic N) is 2. The van der Waals surface area contributed by atoms with Crippen molar-refractivity contribution in [3.05, 3.63) is 70.8 Å². The zero-order valence-electron chi connectivity index (χ0n) is 14.7. The average molecular weight is 372 g/mol. The molecule has 140 valence electrons. The Morgan fingerprint density at radius 1 is 1.04 bits per heavy atom. The first kappa shape index (κ1) is 18.7. The van der Waals surface area contributed by atoms with Crippen LogP contribution in [0.25, 0.3) is 0 Å². The third kappa shape index (κ3) is 4.19. The number of benzene rings is 2. The van der Waals surface area contributed by atoms with Crippen molar-refractivity contribution < 1.29 is 23.2 Å². The molecule has 27 heavy (non-hydrogen) atoms. The Bertz CT molecular complexity index is 881. The standard InChI is InChI=1S/C20H18F2N2O3/c1-23(12-15-6-7-16(21)10-17(15)22)20(27)14-4-2-13(3-5-14)11-24-18(25)8-9-19(24)26/h2-7,10H,8-9,11-12H2,1H3. The molecule has 5 nitrogen and oxygen atoms in total. The number of likely N-dealkylation sites (tertiary alicyclic amines) is 1. The topological polar surface area (TPSA) is 57.7 Å². The SMILES string of the molecule is CN(Cc1ccc(F)cc1F)C(=O)c1ccc(CN2C(=O)CCC2=O)cc1. The first-order valence-electron chi connectivity index (χ1n) is 8.46. The Morgan fingerprint density at radius 2 is 1.67 bits per heavy atom. The van der Waals surface area contributed by atoms with Crippen molar-refractivity contribution >= 4 is 17.7 Å². The summed E-state index contributed by atoms with van der Waals surface area (Å²) in [5.74, 6) is -2.08. The Balaban J connectivity index is 1.66. The van der Waals surface area contributed by atoms with Crippen molar-refractivity contribution in [1.82, 2.24) is 9.80 Å². The predicted molar refractivity (Wildman–Crippen MR) is 93.4 cm³/mol. The number of rotatable bonds is 5. The van der Waals surface area contributed by atoms with Crippen LogP contribution in [0.3, 0.4) is 0 Å². The molecule has 0 bridgehead atoms. The third-order valence-corrected chi connectivity index (χ3v) is 4.47. The molecule has 0 N–H and O–H groups in total. The molecule has 0 aromatic heterocycles. The number of amides is 3. The van der Waals surface area contributed by atoms with Crippen LogP contribution in [0.4, 0.5) is 8.78 Å². The summed E-state index contributed by atoms with van der Waals surface area (Å²) in [5.41, 5.74) is 1.35. The van der Waals surface area contributed by atoms with Crippen LogP contribution < -0.4 is 0 Å². The van der Waals surface area contributed by atoms with Crippen LogP contribution in [0, 0.1) is 11.6 Å². The summed E-state index contributed by atoms with van der Waals surface area (Å²) in [4.78, 5) is 38.4. The summed E-state index contributed by atoms with van der Waals surface area (Å²) in [6, 6.07) is 9.79. The van der Waals surface area contributed by atoms with Crippen LogP contribution in [0.1, 0.15) is 34.3 Å². The molecule has 0 spiro atoms. The van der Waals surface area contributed by atoms with E-state index in [1.54, 1.807) is 24.3 Å². The van der Waals surface area contributed by atoms with E-state index in [-0.39, 0.29) is 49.2 Å². The predicted octanol–water partition coefficient (Wildman–Crippen LogP) is 2.89. The largest absolute Gasteiger partial charge is 0.337 e. The van der Waals surface area contributed by atoms with E-state index < -0.39 is 11.6 Å². The van der Waals surface area contributed by atoms with E-state index in [0.717, 1.165) is 17.7 Å². The highest BCUT2D eigenvalue weighted by atomic mass is 19.1. The van der Waals surface area contributed by atoms with Crippen molar-refractivity contribution in [2.75, 3.05) is 7.05 Å². The van der Waals surface area contributed by atoms with Crippen molar-refractivity contribution in [1.29, 1.82) is 0 Å². The third-order valence-electron chi connectivity index (χ3n) is 4.47. The van der Waals surface area contributed by atoms with Gasteiger partial charge in [0.1, 0.15) is 11.6 Å². The van der Waals surface area contributed by atoms with Crippen molar-refractivity contribution in [2.24, 2.45) is 0 Å². The van der Waals surface area contributed by atoms with Gasteiger partial charge < -0.3 is 4.90 Å². The molecule has 1 aliphatic heterocycles. The quantitative estimate of drug-likeness (QED) is 0.759. The lowest BCUT2D eigenvalue weighted by molar-refractivity contribution is -0.139. The van der Waals surface area contributed by atoms with Gasteiger partial charge in [0.05, 0.1) is 6.54 Å². The molecular weight excluding hydrogens is 354 g/mol. The second-order valence-electron chi connectivity index (χ2n) is 6.47. The second-order valence-corrected chi connectivity index (χ2v) is 6.47. The number of hydrogen-bond acceptors (Lipinski definition) is 3. The first-order chi connectivity index (χ1) is 12.8. The minimum absolute atomic E-state index is 0.00345. The lowest BCUT2D eigenvalue weighted by Crippen LogP contribution is -2.28. The Morgan fingerprint density at radius 3 is 2.26 bits per heavy atom. The Hall–Kier alpha value is -3.09. The highest BCUT2D eigenvalue weighted by Gasteiger charge is 2.28. The molecule has 3 rings (SSSR count). The molecule has 0 saturated carbocycles. The Labute approximate surface area is 155 Å². The van der Waals surface area contributed by atoms with Crippen LogP contribution in [0.15, 0.2) is 42.5 Å². The van der Waals surface area contributed by atoms with Crippen molar-refractivity contribution in [2.45, 2.75) is 25.9 Å². The maximum Gasteiger partial charge on any atom is 0.253 e. The minimum Gasteiger partial charge on any atom is -0.337 e. The maximum atomic E-state index is 13.7. The van der Waals surface area contributed by atoms with Gasteiger partial charge in [-0.15, -0.1) is 0 Å². The van der Waals surface area contributed by atoms with E-state index in [4.69, 9.17) is 0 Å².